The molecule has 5 nitrogen and oxygen atoms in total. The number of carbonyl (C=O) groups excluding carboxylic acids is 1. The van der Waals surface area contributed by atoms with Crippen molar-refractivity contribution in [2.45, 2.75) is 56.5 Å². The van der Waals surface area contributed by atoms with Crippen LogP contribution in [0.5, 0.6) is 0 Å². The summed E-state index contributed by atoms with van der Waals surface area (Å²) in [4.78, 5) is 19.5. The number of carbonyl (C=O) groups is 1. The number of imidazole rings is 1. The maximum absolute atomic E-state index is 12.5. The molecule has 0 spiro atoms. The molecular formula is C16H24N4O. The molecule has 4 fully saturated rings. The summed E-state index contributed by atoms with van der Waals surface area (Å²) in [7, 11) is 0. The Bertz CT molecular complexity index is 489. The summed E-state index contributed by atoms with van der Waals surface area (Å²) in [6, 6.07) is -0.488. The van der Waals surface area contributed by atoms with Crippen molar-refractivity contribution in [3.8, 4) is 0 Å². The Morgan fingerprint density at radius 1 is 1.33 bits per heavy atom. The van der Waals surface area contributed by atoms with Crippen LogP contribution in [0.4, 0.5) is 0 Å². The van der Waals surface area contributed by atoms with Gasteiger partial charge in [0.05, 0.1) is 12.4 Å². The number of hydrogen-bond acceptors (Lipinski definition) is 3. The van der Waals surface area contributed by atoms with Gasteiger partial charge in [-0.25, -0.2) is 4.98 Å². The van der Waals surface area contributed by atoms with Crippen molar-refractivity contribution in [1.82, 2.24) is 15.3 Å². The fraction of sp³-hybridized carbons (Fsp3) is 0.750. The van der Waals surface area contributed by atoms with Crippen LogP contribution in [0, 0.1) is 17.8 Å². The highest BCUT2D eigenvalue weighted by atomic mass is 16.2. The third-order valence-corrected chi connectivity index (χ3v) is 5.76. The number of hydrogen-bond donors (Lipinski definition) is 3. The number of nitrogens with zero attached hydrogens (tertiary/aromatic N) is 1. The standard InChI is InChI=1S/C16H24N4O/c17-14(4-13-8-18-9-19-13)15(21)20-16-5-10-1-11(6-16)3-12(2-10)7-16/h8-12,14H,1-7,17H2,(H,18,19)(H,20,21)/t10?,11?,12?,14-,16?/m0/s1. The number of rotatable bonds is 4. The van der Waals surface area contributed by atoms with E-state index in [9.17, 15) is 4.79 Å². The van der Waals surface area contributed by atoms with Crippen LogP contribution in [-0.2, 0) is 11.2 Å². The van der Waals surface area contributed by atoms with Gasteiger partial charge in [-0.15, -0.1) is 0 Å². The predicted molar refractivity (Wildman–Crippen MR) is 79.3 cm³/mol. The lowest BCUT2D eigenvalue weighted by molar-refractivity contribution is -0.128. The van der Waals surface area contributed by atoms with Crippen molar-refractivity contribution in [3.05, 3.63) is 18.2 Å². The molecule has 21 heavy (non-hydrogen) atoms. The zero-order chi connectivity index (χ0) is 14.4. The molecule has 0 unspecified atom stereocenters. The fourth-order valence-corrected chi connectivity index (χ4v) is 5.34. The highest BCUT2D eigenvalue weighted by molar-refractivity contribution is 5.82. The second-order valence-electron chi connectivity index (χ2n) is 7.57. The molecule has 1 aromatic heterocycles. The minimum atomic E-state index is -0.488. The third kappa shape index (κ3) is 2.48. The Morgan fingerprint density at radius 2 is 1.95 bits per heavy atom. The van der Waals surface area contributed by atoms with E-state index in [2.05, 4.69) is 15.3 Å². The van der Waals surface area contributed by atoms with Gasteiger partial charge in [-0.3, -0.25) is 4.79 Å². The first-order valence-electron chi connectivity index (χ1n) is 8.17. The van der Waals surface area contributed by atoms with Gasteiger partial charge in [0.25, 0.3) is 0 Å². The Kier molecular flexibility index (Phi) is 3.06. The molecule has 1 aromatic rings. The molecule has 1 atom stereocenters. The van der Waals surface area contributed by atoms with E-state index in [0.717, 1.165) is 23.4 Å². The van der Waals surface area contributed by atoms with Crippen LogP contribution in [0.3, 0.4) is 0 Å². The summed E-state index contributed by atoms with van der Waals surface area (Å²) in [5, 5.41) is 3.34. The maximum Gasteiger partial charge on any atom is 0.237 e. The lowest BCUT2D eigenvalue weighted by Crippen LogP contribution is -2.62. The van der Waals surface area contributed by atoms with E-state index in [4.69, 9.17) is 5.73 Å². The van der Waals surface area contributed by atoms with E-state index in [0.29, 0.717) is 6.42 Å². The van der Waals surface area contributed by atoms with Crippen LogP contribution in [0.25, 0.3) is 0 Å². The molecule has 4 saturated carbocycles. The maximum atomic E-state index is 12.5. The van der Waals surface area contributed by atoms with Crippen molar-refractivity contribution in [2.24, 2.45) is 23.5 Å². The molecule has 114 valence electrons. The number of aromatic nitrogens is 2. The van der Waals surface area contributed by atoms with Crippen LogP contribution in [0.15, 0.2) is 12.5 Å². The van der Waals surface area contributed by atoms with Gasteiger partial charge in [-0.1, -0.05) is 0 Å². The monoisotopic (exact) mass is 288 g/mol. The Morgan fingerprint density at radius 3 is 2.48 bits per heavy atom. The van der Waals surface area contributed by atoms with Gasteiger partial charge in [0.2, 0.25) is 5.91 Å². The first kappa shape index (κ1) is 13.3. The average Bonchev–Trinajstić information content (AvgIpc) is 2.89. The zero-order valence-corrected chi connectivity index (χ0v) is 12.3. The minimum Gasteiger partial charge on any atom is -0.349 e. The molecule has 4 bridgehead atoms. The highest BCUT2D eigenvalue weighted by Gasteiger charge is 2.51. The van der Waals surface area contributed by atoms with Crippen molar-refractivity contribution in [3.63, 3.8) is 0 Å². The van der Waals surface area contributed by atoms with Crippen LogP contribution in [-0.4, -0.2) is 27.5 Å². The van der Waals surface area contributed by atoms with Gasteiger partial charge in [-0.05, 0) is 56.3 Å². The Balaban J connectivity index is 1.42. The third-order valence-electron chi connectivity index (χ3n) is 5.76. The second kappa shape index (κ2) is 4.83. The number of nitrogens with two attached hydrogens (primary N) is 1. The van der Waals surface area contributed by atoms with Crippen molar-refractivity contribution in [1.29, 1.82) is 0 Å². The molecule has 0 aliphatic heterocycles. The van der Waals surface area contributed by atoms with Gasteiger partial charge in [0, 0.05) is 23.9 Å². The topological polar surface area (TPSA) is 83.8 Å². The molecule has 0 saturated heterocycles. The summed E-state index contributed by atoms with van der Waals surface area (Å²) >= 11 is 0. The van der Waals surface area contributed by atoms with Gasteiger partial charge in [-0.2, -0.15) is 0 Å². The van der Waals surface area contributed by atoms with Gasteiger partial charge >= 0.3 is 0 Å². The van der Waals surface area contributed by atoms with E-state index in [1.54, 1.807) is 12.5 Å². The van der Waals surface area contributed by atoms with E-state index >= 15 is 0 Å². The minimum absolute atomic E-state index is 0.00606. The number of H-pyrrole nitrogens is 1. The van der Waals surface area contributed by atoms with Crippen molar-refractivity contribution < 1.29 is 4.79 Å². The molecule has 5 heteroatoms. The largest absolute Gasteiger partial charge is 0.349 e. The van der Waals surface area contributed by atoms with E-state index < -0.39 is 6.04 Å². The lowest BCUT2D eigenvalue weighted by Gasteiger charge is -2.57. The lowest BCUT2D eigenvalue weighted by atomic mass is 9.53. The fourth-order valence-electron chi connectivity index (χ4n) is 5.34. The summed E-state index contributed by atoms with van der Waals surface area (Å²) < 4.78 is 0. The first-order valence-corrected chi connectivity index (χ1v) is 8.17. The molecule has 4 aliphatic carbocycles. The normalized spacial score (nSPS) is 38.4. The molecule has 0 radical (unpaired) electrons. The number of amides is 1. The number of nitrogens with one attached hydrogen (secondary N) is 2. The van der Waals surface area contributed by atoms with Crippen LogP contribution < -0.4 is 11.1 Å². The van der Waals surface area contributed by atoms with Crippen LogP contribution in [0.1, 0.15) is 44.2 Å². The van der Waals surface area contributed by atoms with Gasteiger partial charge < -0.3 is 16.0 Å². The first-order chi connectivity index (χ1) is 10.1. The van der Waals surface area contributed by atoms with Crippen molar-refractivity contribution >= 4 is 5.91 Å². The molecular weight excluding hydrogens is 264 g/mol. The van der Waals surface area contributed by atoms with E-state index in [1.807, 2.05) is 0 Å². The van der Waals surface area contributed by atoms with E-state index in [1.165, 1.54) is 38.5 Å². The summed E-state index contributed by atoms with van der Waals surface area (Å²) in [6.07, 6.45) is 11.5. The zero-order valence-electron chi connectivity index (χ0n) is 12.3. The van der Waals surface area contributed by atoms with Crippen LogP contribution in [0.2, 0.25) is 0 Å². The van der Waals surface area contributed by atoms with Crippen molar-refractivity contribution in [2.75, 3.05) is 0 Å². The molecule has 1 heterocycles. The molecule has 0 aromatic carbocycles. The van der Waals surface area contributed by atoms with Crippen LogP contribution >= 0.6 is 0 Å². The number of aromatic amines is 1. The Hall–Kier alpha value is -1.36. The van der Waals surface area contributed by atoms with Gasteiger partial charge in [0.1, 0.15) is 0 Å². The summed E-state index contributed by atoms with van der Waals surface area (Å²) in [5.41, 5.74) is 7.05. The quantitative estimate of drug-likeness (QED) is 0.782. The molecule has 1 amide bonds. The summed E-state index contributed by atoms with van der Waals surface area (Å²) in [5.74, 6) is 2.51. The summed E-state index contributed by atoms with van der Waals surface area (Å²) in [6.45, 7) is 0. The van der Waals surface area contributed by atoms with E-state index in [-0.39, 0.29) is 11.4 Å². The molecule has 4 N–H and O–H groups in total. The smallest absolute Gasteiger partial charge is 0.237 e. The molecule has 5 rings (SSSR count). The average molecular weight is 288 g/mol. The highest BCUT2D eigenvalue weighted by Crippen LogP contribution is 2.55. The molecule has 4 aliphatic rings. The SMILES string of the molecule is N[C@@H](Cc1cnc[nH]1)C(=O)NC12CC3CC(CC(C3)C1)C2. The van der Waals surface area contributed by atoms with Gasteiger partial charge in [0.15, 0.2) is 0 Å². The predicted octanol–water partition coefficient (Wildman–Crippen LogP) is 1.36. The second-order valence-corrected chi connectivity index (χ2v) is 7.57. The Labute approximate surface area is 125 Å².